The lowest BCUT2D eigenvalue weighted by Gasteiger charge is -2.20. The van der Waals surface area contributed by atoms with Gasteiger partial charge in [-0.25, -0.2) is 4.98 Å². The Balaban J connectivity index is 1.85. The summed E-state index contributed by atoms with van der Waals surface area (Å²) in [6.07, 6.45) is -3.31. The lowest BCUT2D eigenvalue weighted by atomic mass is 10.2. The number of anilines is 1. The van der Waals surface area contributed by atoms with Gasteiger partial charge in [-0.05, 0) is 24.6 Å². The molecule has 0 saturated carbocycles. The Morgan fingerprint density at radius 2 is 2.04 bits per heavy atom. The van der Waals surface area contributed by atoms with Crippen molar-refractivity contribution < 1.29 is 17.9 Å². The average molecular weight is 337 g/mol. The van der Waals surface area contributed by atoms with Crippen molar-refractivity contribution in [1.82, 2.24) is 19.6 Å². The highest BCUT2D eigenvalue weighted by molar-refractivity contribution is 5.47. The van der Waals surface area contributed by atoms with Crippen molar-refractivity contribution in [3.63, 3.8) is 0 Å². The summed E-state index contributed by atoms with van der Waals surface area (Å²) in [5, 5.41) is 4.12. The second kappa shape index (κ2) is 5.99. The molecular formula is C15H14F3N5O. The highest BCUT2D eigenvalue weighted by atomic mass is 19.4. The number of aryl methyl sites for hydroxylation is 1. The van der Waals surface area contributed by atoms with Gasteiger partial charge in [-0.1, -0.05) is 12.1 Å². The summed E-state index contributed by atoms with van der Waals surface area (Å²) in [5.41, 5.74) is 1.44. The lowest BCUT2D eigenvalue weighted by molar-refractivity contribution is -0.274. The third-order valence-corrected chi connectivity index (χ3v) is 3.30. The first kappa shape index (κ1) is 16.0. The smallest absolute Gasteiger partial charge is 0.406 e. The van der Waals surface area contributed by atoms with Crippen LogP contribution in [0.15, 0.2) is 36.7 Å². The van der Waals surface area contributed by atoms with E-state index in [1.807, 2.05) is 24.9 Å². The van der Waals surface area contributed by atoms with E-state index < -0.39 is 6.36 Å². The van der Waals surface area contributed by atoms with E-state index in [0.29, 0.717) is 17.9 Å². The molecule has 3 rings (SSSR count). The maximum absolute atomic E-state index is 12.3. The second-order valence-electron chi connectivity index (χ2n) is 5.28. The van der Waals surface area contributed by atoms with Crippen molar-refractivity contribution in [3.8, 4) is 5.75 Å². The molecule has 0 aliphatic rings. The normalized spacial score (nSPS) is 11.7. The van der Waals surface area contributed by atoms with Crippen molar-refractivity contribution in [2.45, 2.75) is 19.8 Å². The molecule has 0 spiro atoms. The van der Waals surface area contributed by atoms with Gasteiger partial charge < -0.3 is 9.64 Å². The van der Waals surface area contributed by atoms with Crippen LogP contribution in [-0.2, 0) is 6.54 Å². The number of hydrogen-bond donors (Lipinski definition) is 0. The fraction of sp³-hybridized carbons (Fsp3) is 0.267. The molecule has 6 nitrogen and oxygen atoms in total. The molecule has 0 fully saturated rings. The monoisotopic (exact) mass is 337 g/mol. The maximum atomic E-state index is 12.3. The van der Waals surface area contributed by atoms with Crippen molar-refractivity contribution in [2.24, 2.45) is 0 Å². The highest BCUT2D eigenvalue weighted by Gasteiger charge is 2.31. The third kappa shape index (κ3) is 3.55. The van der Waals surface area contributed by atoms with Crippen LogP contribution in [0.5, 0.6) is 5.75 Å². The number of ether oxygens (including phenoxy) is 1. The zero-order valence-electron chi connectivity index (χ0n) is 12.9. The minimum absolute atomic E-state index is 0.245. The van der Waals surface area contributed by atoms with Crippen LogP contribution < -0.4 is 9.64 Å². The van der Waals surface area contributed by atoms with Gasteiger partial charge in [0.25, 0.3) is 5.78 Å². The Hall–Kier alpha value is -2.84. The van der Waals surface area contributed by atoms with E-state index in [9.17, 15) is 13.2 Å². The Morgan fingerprint density at radius 3 is 2.79 bits per heavy atom. The van der Waals surface area contributed by atoms with Gasteiger partial charge in [0.05, 0.1) is 0 Å². The standard InChI is InChI=1S/C15H14F3N5O/c1-10-6-13(23-14(21-10)19-9-20-23)22(2)8-11-4-3-5-12(7-11)24-15(16,17)18/h3-7,9H,8H2,1-2H3. The number of aromatic nitrogens is 4. The molecular weight excluding hydrogens is 323 g/mol. The minimum Gasteiger partial charge on any atom is -0.406 e. The van der Waals surface area contributed by atoms with Gasteiger partial charge in [-0.2, -0.15) is 14.6 Å². The predicted octanol–water partition coefficient (Wildman–Crippen LogP) is 2.97. The molecule has 24 heavy (non-hydrogen) atoms. The zero-order valence-corrected chi connectivity index (χ0v) is 12.9. The number of halogens is 3. The average Bonchev–Trinajstić information content (AvgIpc) is 2.92. The van der Waals surface area contributed by atoms with Crippen molar-refractivity contribution in [3.05, 3.63) is 47.9 Å². The first-order chi connectivity index (χ1) is 11.3. The second-order valence-corrected chi connectivity index (χ2v) is 5.28. The SMILES string of the molecule is Cc1cc(N(C)Cc2cccc(OC(F)(F)F)c2)n2ncnc2n1. The first-order valence-corrected chi connectivity index (χ1v) is 7.05. The molecule has 3 aromatic rings. The molecule has 0 unspecified atom stereocenters. The summed E-state index contributed by atoms with van der Waals surface area (Å²) < 4.78 is 42.5. The molecule has 1 aromatic carbocycles. The topological polar surface area (TPSA) is 55.6 Å². The molecule has 0 bridgehead atoms. The van der Waals surface area contributed by atoms with Crippen LogP contribution in [0.3, 0.4) is 0 Å². The number of benzene rings is 1. The fourth-order valence-corrected chi connectivity index (χ4v) is 2.38. The Labute approximate surface area is 135 Å². The van der Waals surface area contributed by atoms with E-state index >= 15 is 0 Å². The molecule has 9 heteroatoms. The summed E-state index contributed by atoms with van der Waals surface area (Å²) >= 11 is 0. The summed E-state index contributed by atoms with van der Waals surface area (Å²) in [6.45, 7) is 2.21. The number of rotatable bonds is 4. The molecule has 0 saturated heterocycles. The van der Waals surface area contributed by atoms with E-state index in [-0.39, 0.29) is 5.75 Å². The van der Waals surface area contributed by atoms with Gasteiger partial charge in [0.2, 0.25) is 0 Å². The van der Waals surface area contributed by atoms with Crippen LogP contribution in [0, 0.1) is 6.92 Å². The van der Waals surface area contributed by atoms with Gasteiger partial charge in [0.1, 0.15) is 17.9 Å². The van der Waals surface area contributed by atoms with Crippen LogP contribution in [0.2, 0.25) is 0 Å². The van der Waals surface area contributed by atoms with Crippen LogP contribution in [-0.4, -0.2) is 33.0 Å². The summed E-state index contributed by atoms with van der Waals surface area (Å²) in [5.74, 6) is 0.952. The third-order valence-electron chi connectivity index (χ3n) is 3.30. The zero-order chi connectivity index (χ0) is 17.3. The summed E-state index contributed by atoms with van der Waals surface area (Å²) in [7, 11) is 1.81. The number of alkyl halides is 3. The van der Waals surface area contributed by atoms with Crippen LogP contribution in [0.4, 0.5) is 19.0 Å². The Morgan fingerprint density at radius 1 is 1.25 bits per heavy atom. The highest BCUT2D eigenvalue weighted by Crippen LogP contribution is 2.24. The molecule has 0 radical (unpaired) electrons. The molecule has 0 amide bonds. The lowest BCUT2D eigenvalue weighted by Crippen LogP contribution is -2.21. The molecule has 0 N–H and O–H groups in total. The first-order valence-electron chi connectivity index (χ1n) is 7.05. The van der Waals surface area contributed by atoms with E-state index in [1.165, 1.54) is 24.5 Å². The minimum atomic E-state index is -4.71. The van der Waals surface area contributed by atoms with Crippen LogP contribution in [0.25, 0.3) is 5.78 Å². The number of fused-ring (bicyclic) bond motifs is 1. The summed E-state index contributed by atoms with van der Waals surface area (Å²) in [4.78, 5) is 10.2. The largest absolute Gasteiger partial charge is 0.573 e. The van der Waals surface area contributed by atoms with E-state index in [2.05, 4.69) is 19.8 Å². The van der Waals surface area contributed by atoms with Gasteiger partial charge in [0, 0.05) is 25.4 Å². The predicted molar refractivity (Wildman–Crippen MR) is 80.8 cm³/mol. The molecule has 126 valence electrons. The van der Waals surface area contributed by atoms with E-state index in [1.54, 1.807) is 10.6 Å². The van der Waals surface area contributed by atoms with Crippen molar-refractivity contribution in [2.75, 3.05) is 11.9 Å². The van der Waals surface area contributed by atoms with Crippen molar-refractivity contribution in [1.29, 1.82) is 0 Å². The van der Waals surface area contributed by atoms with Crippen LogP contribution in [0.1, 0.15) is 11.3 Å². The van der Waals surface area contributed by atoms with E-state index in [4.69, 9.17) is 0 Å². The van der Waals surface area contributed by atoms with Gasteiger partial charge >= 0.3 is 6.36 Å². The Bertz CT molecular complexity index is 862. The van der Waals surface area contributed by atoms with Gasteiger partial charge in [0.15, 0.2) is 0 Å². The van der Waals surface area contributed by atoms with Gasteiger partial charge in [-0.3, -0.25) is 0 Å². The molecule has 2 heterocycles. The fourth-order valence-electron chi connectivity index (χ4n) is 2.38. The molecule has 0 aliphatic carbocycles. The van der Waals surface area contributed by atoms with Crippen LogP contribution >= 0.6 is 0 Å². The molecule has 0 atom stereocenters. The van der Waals surface area contributed by atoms with Crippen molar-refractivity contribution >= 4 is 11.6 Å². The maximum Gasteiger partial charge on any atom is 0.573 e. The van der Waals surface area contributed by atoms with E-state index in [0.717, 1.165) is 11.5 Å². The number of hydrogen-bond acceptors (Lipinski definition) is 5. The summed E-state index contributed by atoms with van der Waals surface area (Å²) in [6, 6.07) is 7.71. The number of nitrogens with zero attached hydrogens (tertiary/aromatic N) is 5. The molecule has 0 aliphatic heterocycles. The molecule has 2 aromatic heterocycles. The Kier molecular flexibility index (Phi) is 4.00. The quantitative estimate of drug-likeness (QED) is 0.733. The van der Waals surface area contributed by atoms with Gasteiger partial charge in [-0.15, -0.1) is 13.2 Å².